The normalized spacial score (nSPS) is 11.2. The molecule has 2 rings (SSSR count). The summed E-state index contributed by atoms with van der Waals surface area (Å²) in [7, 11) is 0. The van der Waals surface area contributed by atoms with Gasteiger partial charge in [0.15, 0.2) is 5.13 Å². The molecular formula is C10H15N5S. The van der Waals surface area contributed by atoms with Crippen molar-refractivity contribution >= 4 is 16.5 Å². The third kappa shape index (κ3) is 2.06. The number of hydrogen-bond acceptors (Lipinski definition) is 5. The van der Waals surface area contributed by atoms with Gasteiger partial charge in [-0.25, -0.2) is 4.98 Å². The molecule has 2 heterocycles. The summed E-state index contributed by atoms with van der Waals surface area (Å²) >= 11 is 1.45. The van der Waals surface area contributed by atoms with Crippen molar-refractivity contribution in [2.75, 3.05) is 5.73 Å². The summed E-state index contributed by atoms with van der Waals surface area (Å²) in [5, 5.41) is 10.8. The van der Waals surface area contributed by atoms with E-state index in [2.05, 4.69) is 33.6 Å². The lowest BCUT2D eigenvalue weighted by Crippen LogP contribution is -2.08. The van der Waals surface area contributed by atoms with Crippen LogP contribution in [0.4, 0.5) is 5.13 Å². The molecule has 2 aromatic heterocycles. The van der Waals surface area contributed by atoms with Crippen molar-refractivity contribution in [2.45, 2.75) is 33.2 Å². The van der Waals surface area contributed by atoms with Crippen molar-refractivity contribution in [2.24, 2.45) is 0 Å². The van der Waals surface area contributed by atoms with Gasteiger partial charge in [0.25, 0.3) is 0 Å². The second kappa shape index (κ2) is 4.21. The standard InChI is InChI=1S/C10H15N5S/c1-6(2)15-7(3)13-14-9(15)4-8-5-16-10(11)12-8/h5-6H,4H2,1-3H3,(H2,11,12). The molecular weight excluding hydrogens is 222 g/mol. The van der Waals surface area contributed by atoms with Crippen molar-refractivity contribution in [1.82, 2.24) is 19.7 Å². The molecule has 0 saturated heterocycles. The molecule has 6 heteroatoms. The second-order valence-corrected chi connectivity index (χ2v) is 4.87. The maximum Gasteiger partial charge on any atom is 0.180 e. The van der Waals surface area contributed by atoms with E-state index in [1.165, 1.54) is 11.3 Å². The molecule has 0 aromatic carbocycles. The molecule has 0 unspecified atom stereocenters. The Morgan fingerprint density at radius 1 is 1.44 bits per heavy atom. The molecule has 86 valence electrons. The Bertz CT molecular complexity index is 485. The van der Waals surface area contributed by atoms with E-state index in [9.17, 15) is 0 Å². The SMILES string of the molecule is Cc1nnc(Cc2csc(N)n2)n1C(C)C. The largest absolute Gasteiger partial charge is 0.375 e. The van der Waals surface area contributed by atoms with Crippen LogP contribution < -0.4 is 5.73 Å². The van der Waals surface area contributed by atoms with Gasteiger partial charge in [-0.2, -0.15) is 0 Å². The van der Waals surface area contributed by atoms with Gasteiger partial charge in [0.1, 0.15) is 11.6 Å². The van der Waals surface area contributed by atoms with Crippen LogP contribution >= 0.6 is 11.3 Å². The lowest BCUT2D eigenvalue weighted by molar-refractivity contribution is 0.559. The fourth-order valence-electron chi connectivity index (χ4n) is 1.77. The molecule has 0 radical (unpaired) electrons. The number of nitrogen functional groups attached to an aromatic ring is 1. The van der Waals surface area contributed by atoms with E-state index in [4.69, 9.17) is 5.73 Å². The molecule has 2 aromatic rings. The molecule has 0 saturated carbocycles. The minimum absolute atomic E-state index is 0.362. The maximum absolute atomic E-state index is 5.60. The van der Waals surface area contributed by atoms with E-state index in [1.807, 2.05) is 12.3 Å². The Labute approximate surface area is 98.3 Å². The van der Waals surface area contributed by atoms with Crippen LogP contribution in [0.3, 0.4) is 0 Å². The Kier molecular flexibility index (Phi) is 2.91. The molecule has 0 aliphatic heterocycles. The molecule has 0 fully saturated rings. The fraction of sp³-hybridized carbons (Fsp3) is 0.500. The number of aromatic nitrogens is 4. The predicted octanol–water partition coefficient (Wildman–Crippen LogP) is 1.80. The third-order valence-electron chi connectivity index (χ3n) is 2.36. The minimum Gasteiger partial charge on any atom is -0.375 e. The number of rotatable bonds is 3. The highest BCUT2D eigenvalue weighted by Crippen LogP contribution is 2.17. The number of nitrogens with zero attached hydrogens (tertiary/aromatic N) is 4. The maximum atomic E-state index is 5.60. The Morgan fingerprint density at radius 3 is 2.75 bits per heavy atom. The van der Waals surface area contributed by atoms with Gasteiger partial charge in [0, 0.05) is 11.4 Å². The lowest BCUT2D eigenvalue weighted by Gasteiger charge is -2.11. The quantitative estimate of drug-likeness (QED) is 0.883. The third-order valence-corrected chi connectivity index (χ3v) is 3.08. The van der Waals surface area contributed by atoms with Crippen LogP contribution in [0.25, 0.3) is 0 Å². The van der Waals surface area contributed by atoms with Crippen LogP contribution in [-0.4, -0.2) is 19.7 Å². The molecule has 0 atom stereocenters. The molecule has 2 N–H and O–H groups in total. The monoisotopic (exact) mass is 237 g/mol. The first-order valence-electron chi connectivity index (χ1n) is 5.18. The first-order valence-corrected chi connectivity index (χ1v) is 6.06. The van der Waals surface area contributed by atoms with E-state index < -0.39 is 0 Å². The molecule has 0 aliphatic carbocycles. The van der Waals surface area contributed by atoms with E-state index in [0.29, 0.717) is 17.6 Å². The van der Waals surface area contributed by atoms with Crippen molar-refractivity contribution in [3.63, 3.8) is 0 Å². The van der Waals surface area contributed by atoms with Crippen molar-refractivity contribution < 1.29 is 0 Å². The van der Waals surface area contributed by atoms with Crippen molar-refractivity contribution in [1.29, 1.82) is 0 Å². The van der Waals surface area contributed by atoms with Gasteiger partial charge in [0.2, 0.25) is 0 Å². The van der Waals surface area contributed by atoms with Gasteiger partial charge in [0.05, 0.1) is 12.1 Å². The highest BCUT2D eigenvalue weighted by molar-refractivity contribution is 7.13. The van der Waals surface area contributed by atoms with Gasteiger partial charge in [-0.1, -0.05) is 0 Å². The lowest BCUT2D eigenvalue weighted by atomic mass is 10.3. The van der Waals surface area contributed by atoms with Crippen molar-refractivity contribution in [3.05, 3.63) is 22.7 Å². The molecule has 0 bridgehead atoms. The van der Waals surface area contributed by atoms with Crippen LogP contribution in [0.2, 0.25) is 0 Å². The highest BCUT2D eigenvalue weighted by atomic mass is 32.1. The Balaban J connectivity index is 2.28. The summed E-state index contributed by atoms with van der Waals surface area (Å²) in [6.07, 6.45) is 0.687. The van der Waals surface area contributed by atoms with E-state index in [1.54, 1.807) is 0 Å². The summed E-state index contributed by atoms with van der Waals surface area (Å²) in [6, 6.07) is 0.362. The van der Waals surface area contributed by atoms with Crippen LogP contribution in [0, 0.1) is 6.92 Å². The first kappa shape index (κ1) is 11.1. The Morgan fingerprint density at radius 2 is 2.19 bits per heavy atom. The predicted molar refractivity (Wildman–Crippen MR) is 64.5 cm³/mol. The summed E-state index contributed by atoms with van der Waals surface area (Å²) in [4.78, 5) is 4.23. The summed E-state index contributed by atoms with van der Waals surface area (Å²) < 4.78 is 2.12. The number of hydrogen-bond donors (Lipinski definition) is 1. The van der Waals surface area contributed by atoms with E-state index >= 15 is 0 Å². The molecule has 0 amide bonds. The summed E-state index contributed by atoms with van der Waals surface area (Å²) in [5.74, 6) is 1.88. The Hall–Kier alpha value is -1.43. The van der Waals surface area contributed by atoms with Gasteiger partial charge in [-0.05, 0) is 20.8 Å². The molecule has 0 aliphatic rings. The van der Waals surface area contributed by atoms with Crippen LogP contribution in [0.1, 0.15) is 37.2 Å². The average molecular weight is 237 g/mol. The topological polar surface area (TPSA) is 69.6 Å². The summed E-state index contributed by atoms with van der Waals surface area (Å²) in [6.45, 7) is 6.20. The molecule has 0 spiro atoms. The zero-order valence-electron chi connectivity index (χ0n) is 9.64. The average Bonchev–Trinajstić information content (AvgIpc) is 2.74. The molecule has 5 nitrogen and oxygen atoms in total. The second-order valence-electron chi connectivity index (χ2n) is 3.98. The number of anilines is 1. The van der Waals surface area contributed by atoms with Crippen LogP contribution in [-0.2, 0) is 6.42 Å². The van der Waals surface area contributed by atoms with Crippen LogP contribution in [0.15, 0.2) is 5.38 Å². The van der Waals surface area contributed by atoms with Gasteiger partial charge in [-0.15, -0.1) is 21.5 Å². The number of nitrogens with two attached hydrogens (primary N) is 1. The van der Waals surface area contributed by atoms with Gasteiger partial charge in [-0.3, -0.25) is 0 Å². The number of aryl methyl sites for hydroxylation is 1. The number of thiazole rings is 1. The summed E-state index contributed by atoms with van der Waals surface area (Å²) in [5.41, 5.74) is 6.56. The highest BCUT2D eigenvalue weighted by Gasteiger charge is 2.13. The van der Waals surface area contributed by atoms with E-state index in [-0.39, 0.29) is 0 Å². The van der Waals surface area contributed by atoms with Gasteiger partial charge >= 0.3 is 0 Å². The van der Waals surface area contributed by atoms with Crippen LogP contribution in [0.5, 0.6) is 0 Å². The smallest absolute Gasteiger partial charge is 0.180 e. The zero-order valence-corrected chi connectivity index (χ0v) is 10.5. The van der Waals surface area contributed by atoms with Gasteiger partial charge < -0.3 is 10.3 Å². The minimum atomic E-state index is 0.362. The first-order chi connectivity index (χ1) is 7.58. The molecule has 16 heavy (non-hydrogen) atoms. The van der Waals surface area contributed by atoms with Crippen molar-refractivity contribution in [3.8, 4) is 0 Å². The fourth-order valence-corrected chi connectivity index (χ4v) is 2.33. The zero-order chi connectivity index (χ0) is 11.7. The van der Waals surface area contributed by atoms with E-state index in [0.717, 1.165) is 17.3 Å².